The van der Waals surface area contributed by atoms with Gasteiger partial charge in [0.2, 0.25) is 17.7 Å². The van der Waals surface area contributed by atoms with Crippen LogP contribution in [0.2, 0.25) is 0 Å². The van der Waals surface area contributed by atoms with Crippen LogP contribution in [0.4, 0.5) is 0 Å². The number of amides is 3. The molecular formula is C28H46N4O5. The molecule has 0 aromatic heterocycles. The molecule has 208 valence electrons. The van der Waals surface area contributed by atoms with E-state index in [4.69, 9.17) is 0 Å². The molecule has 0 spiro atoms. The summed E-state index contributed by atoms with van der Waals surface area (Å²) in [5.74, 6) is -2.16. The molecule has 0 aliphatic carbocycles. The minimum atomic E-state index is -1.12. The van der Waals surface area contributed by atoms with E-state index in [1.165, 1.54) is 16.7 Å². The summed E-state index contributed by atoms with van der Waals surface area (Å²) in [7, 11) is 3.36. The van der Waals surface area contributed by atoms with Crippen molar-refractivity contribution in [1.82, 2.24) is 20.4 Å². The molecule has 37 heavy (non-hydrogen) atoms. The second-order valence-electron chi connectivity index (χ2n) is 11.7. The van der Waals surface area contributed by atoms with Crippen molar-refractivity contribution in [3.05, 3.63) is 35.9 Å². The summed E-state index contributed by atoms with van der Waals surface area (Å²) in [5, 5.41) is 15.3. The van der Waals surface area contributed by atoms with Crippen LogP contribution in [0.5, 0.6) is 0 Å². The Bertz CT molecular complexity index is 940. The maximum absolute atomic E-state index is 13.8. The minimum Gasteiger partial charge on any atom is -0.480 e. The van der Waals surface area contributed by atoms with Crippen molar-refractivity contribution < 1.29 is 24.3 Å². The van der Waals surface area contributed by atoms with E-state index >= 15 is 0 Å². The van der Waals surface area contributed by atoms with Gasteiger partial charge in [0, 0.05) is 25.9 Å². The Balaban J connectivity index is 3.27. The highest BCUT2D eigenvalue weighted by atomic mass is 16.4. The molecule has 3 atom stereocenters. The summed E-state index contributed by atoms with van der Waals surface area (Å²) in [6, 6.07) is 7.83. The first kappa shape index (κ1) is 32.1. The van der Waals surface area contributed by atoms with E-state index in [0.29, 0.717) is 0 Å². The number of carbonyl (C=O) groups excluding carboxylic acids is 3. The van der Waals surface area contributed by atoms with Crippen LogP contribution in [0.15, 0.2) is 30.3 Å². The highest BCUT2D eigenvalue weighted by Gasteiger charge is 2.42. The number of nitrogens with zero attached hydrogens (tertiary/aromatic N) is 2. The molecule has 0 fully saturated rings. The van der Waals surface area contributed by atoms with Gasteiger partial charge in [-0.3, -0.25) is 19.2 Å². The maximum atomic E-state index is 13.8. The number of carbonyl (C=O) groups is 4. The average molecular weight is 519 g/mol. The van der Waals surface area contributed by atoms with Crippen LogP contribution in [0.25, 0.3) is 0 Å². The van der Waals surface area contributed by atoms with Gasteiger partial charge >= 0.3 is 5.97 Å². The molecule has 0 radical (unpaired) electrons. The highest BCUT2D eigenvalue weighted by molar-refractivity contribution is 5.91. The van der Waals surface area contributed by atoms with Gasteiger partial charge in [0.1, 0.15) is 12.6 Å². The number of likely N-dealkylation sites (N-methyl/N-ethyl adjacent to an activating group) is 2. The summed E-state index contributed by atoms with van der Waals surface area (Å²) in [6.07, 6.45) is 0. The highest BCUT2D eigenvalue weighted by Crippen LogP contribution is 2.29. The molecular weight excluding hydrogens is 472 g/mol. The van der Waals surface area contributed by atoms with Gasteiger partial charge in [0.25, 0.3) is 0 Å². The van der Waals surface area contributed by atoms with E-state index in [2.05, 4.69) is 10.6 Å². The van der Waals surface area contributed by atoms with Crippen molar-refractivity contribution in [2.24, 2.45) is 11.3 Å². The molecule has 9 heteroatoms. The van der Waals surface area contributed by atoms with Crippen LogP contribution >= 0.6 is 0 Å². The Hall–Kier alpha value is -2.94. The molecule has 0 aliphatic heterocycles. The third-order valence-electron chi connectivity index (χ3n) is 6.98. The summed E-state index contributed by atoms with van der Waals surface area (Å²) >= 11 is 0. The summed E-state index contributed by atoms with van der Waals surface area (Å²) in [5.41, 5.74) is -0.182. The van der Waals surface area contributed by atoms with Crippen molar-refractivity contribution in [2.45, 2.75) is 78.9 Å². The first-order chi connectivity index (χ1) is 16.9. The Morgan fingerprint density at radius 1 is 0.973 bits per heavy atom. The van der Waals surface area contributed by atoms with Gasteiger partial charge in [-0.25, -0.2) is 0 Å². The van der Waals surface area contributed by atoms with Crippen molar-refractivity contribution in [2.75, 3.05) is 27.2 Å². The van der Waals surface area contributed by atoms with Crippen LogP contribution in [0.1, 0.15) is 61.0 Å². The van der Waals surface area contributed by atoms with Gasteiger partial charge in [0.15, 0.2) is 0 Å². The van der Waals surface area contributed by atoms with E-state index in [1.807, 2.05) is 78.8 Å². The molecule has 3 amide bonds. The largest absolute Gasteiger partial charge is 0.480 e. The lowest BCUT2D eigenvalue weighted by molar-refractivity contribution is -0.146. The predicted molar refractivity (Wildman–Crippen MR) is 145 cm³/mol. The van der Waals surface area contributed by atoms with Crippen LogP contribution in [-0.4, -0.2) is 83.9 Å². The zero-order valence-electron chi connectivity index (χ0n) is 24.1. The maximum Gasteiger partial charge on any atom is 0.323 e. The third-order valence-corrected chi connectivity index (χ3v) is 6.98. The monoisotopic (exact) mass is 518 g/mol. The molecule has 1 rings (SSSR count). The molecule has 0 aliphatic rings. The first-order valence-electron chi connectivity index (χ1n) is 12.7. The zero-order valence-corrected chi connectivity index (χ0v) is 24.1. The van der Waals surface area contributed by atoms with E-state index in [9.17, 15) is 24.3 Å². The Morgan fingerprint density at radius 3 is 1.92 bits per heavy atom. The van der Waals surface area contributed by atoms with Gasteiger partial charge in [-0.15, -0.1) is 0 Å². The smallest absolute Gasteiger partial charge is 0.323 e. The summed E-state index contributed by atoms with van der Waals surface area (Å²) < 4.78 is 0. The van der Waals surface area contributed by atoms with Gasteiger partial charge in [0.05, 0.1) is 12.1 Å². The number of nitrogens with one attached hydrogen (secondary N) is 2. The van der Waals surface area contributed by atoms with Crippen LogP contribution in [0.3, 0.4) is 0 Å². The zero-order chi connectivity index (χ0) is 28.7. The van der Waals surface area contributed by atoms with Crippen molar-refractivity contribution in [3.63, 3.8) is 0 Å². The first-order valence-corrected chi connectivity index (χ1v) is 12.7. The normalized spacial score (nSPS) is 14.5. The van der Waals surface area contributed by atoms with Gasteiger partial charge in [-0.05, 0) is 23.9 Å². The fraction of sp³-hybridized carbons (Fsp3) is 0.643. The molecule has 0 bridgehead atoms. The molecule has 0 saturated carbocycles. The Kier molecular flexibility index (Phi) is 11.3. The lowest BCUT2D eigenvalue weighted by Crippen LogP contribution is -2.62. The molecule has 1 aromatic rings. The standard InChI is InChI=1S/C28H46N4O5/c1-18(2)21(16-32(19(3)33)17-22(34)35)31(10)26(37)24(27(4,5)6)30-25(36)23(29-9)28(7,8)20-14-12-11-13-15-20/h11-15,18,21,23-24,29H,16-17H2,1-10H3,(H,30,36)(H,34,35)/t21?,23-,24?/m1/s1. The lowest BCUT2D eigenvalue weighted by atomic mass is 9.76. The molecule has 0 heterocycles. The SMILES string of the molecule is CN[C@H](C(=O)NC(C(=O)N(C)C(CN(CC(=O)O)C(C)=O)C(C)C)C(C)(C)C)C(C)(C)c1ccccc1. The topological polar surface area (TPSA) is 119 Å². The van der Waals surface area contributed by atoms with Crippen molar-refractivity contribution in [1.29, 1.82) is 0 Å². The number of hydrogen-bond acceptors (Lipinski definition) is 5. The van der Waals surface area contributed by atoms with Crippen molar-refractivity contribution in [3.8, 4) is 0 Å². The van der Waals surface area contributed by atoms with Crippen LogP contribution in [0, 0.1) is 11.3 Å². The second kappa shape index (κ2) is 13.0. The summed E-state index contributed by atoms with van der Waals surface area (Å²) in [6.45, 7) is 14.4. The quantitative estimate of drug-likeness (QED) is 0.391. The minimum absolute atomic E-state index is 0.0667. The Labute approximate surface area is 222 Å². The van der Waals surface area contributed by atoms with Gasteiger partial charge in [-0.1, -0.05) is 78.8 Å². The number of carboxylic acid groups (broad SMARTS) is 1. The molecule has 0 saturated heterocycles. The van der Waals surface area contributed by atoms with Crippen molar-refractivity contribution >= 4 is 23.7 Å². The number of hydrogen-bond donors (Lipinski definition) is 3. The average Bonchev–Trinajstić information content (AvgIpc) is 2.78. The van der Waals surface area contributed by atoms with Crippen LogP contribution in [-0.2, 0) is 24.6 Å². The number of rotatable bonds is 12. The van der Waals surface area contributed by atoms with E-state index in [0.717, 1.165) is 5.56 Å². The predicted octanol–water partition coefficient (Wildman–Crippen LogP) is 2.50. The molecule has 1 aromatic carbocycles. The van der Waals surface area contributed by atoms with E-state index < -0.39 is 41.5 Å². The summed E-state index contributed by atoms with van der Waals surface area (Å²) in [4.78, 5) is 53.6. The molecule has 2 unspecified atom stereocenters. The second-order valence-corrected chi connectivity index (χ2v) is 11.7. The number of carboxylic acids is 1. The fourth-order valence-electron chi connectivity index (χ4n) is 4.57. The van der Waals surface area contributed by atoms with E-state index in [-0.39, 0.29) is 30.2 Å². The molecule has 9 nitrogen and oxygen atoms in total. The third kappa shape index (κ3) is 8.55. The van der Waals surface area contributed by atoms with E-state index in [1.54, 1.807) is 14.1 Å². The van der Waals surface area contributed by atoms with Gasteiger partial charge in [-0.2, -0.15) is 0 Å². The van der Waals surface area contributed by atoms with Gasteiger partial charge < -0.3 is 25.5 Å². The Morgan fingerprint density at radius 2 is 1.51 bits per heavy atom. The fourth-order valence-corrected chi connectivity index (χ4v) is 4.57. The number of aliphatic carboxylic acids is 1. The lowest BCUT2D eigenvalue weighted by Gasteiger charge is -2.41. The van der Waals surface area contributed by atoms with Crippen LogP contribution < -0.4 is 10.6 Å². The molecule has 3 N–H and O–H groups in total. The number of benzene rings is 1.